The van der Waals surface area contributed by atoms with Crippen LogP contribution in [0.15, 0.2) is 52.9 Å². The topological polar surface area (TPSA) is 113 Å². The zero-order valence-electron chi connectivity index (χ0n) is 16.7. The van der Waals surface area contributed by atoms with Gasteiger partial charge < -0.3 is 23.9 Å². The molecule has 0 unspecified atom stereocenters. The number of nitrogens with one attached hydrogen (secondary N) is 1. The van der Waals surface area contributed by atoms with Gasteiger partial charge in [-0.15, -0.1) is 10.2 Å². The number of ether oxygens (including phenoxy) is 3. The van der Waals surface area contributed by atoms with E-state index in [1.807, 2.05) is 0 Å². The fourth-order valence-electron chi connectivity index (χ4n) is 2.56. The Morgan fingerprint density at radius 1 is 1.03 bits per heavy atom. The van der Waals surface area contributed by atoms with E-state index in [1.54, 1.807) is 62.6 Å². The predicted octanol–water partition coefficient (Wildman–Crippen LogP) is 2.79. The van der Waals surface area contributed by atoms with Gasteiger partial charge in [-0.05, 0) is 49.4 Å². The number of hydrogen-bond donors (Lipinski definition) is 1. The van der Waals surface area contributed by atoms with Crippen LogP contribution >= 0.6 is 0 Å². The first kappa shape index (κ1) is 20.8. The molecular weight excluding hydrogens is 390 g/mol. The highest BCUT2D eigenvalue weighted by atomic mass is 16.6. The zero-order chi connectivity index (χ0) is 21.5. The summed E-state index contributed by atoms with van der Waals surface area (Å²) in [5, 5.41) is 10.4. The molecule has 9 nitrogen and oxygen atoms in total. The number of hydrogen-bond acceptors (Lipinski definition) is 8. The van der Waals surface area contributed by atoms with E-state index in [1.165, 1.54) is 7.11 Å². The van der Waals surface area contributed by atoms with Crippen LogP contribution in [0.2, 0.25) is 0 Å². The molecule has 1 atom stereocenters. The lowest BCUT2D eigenvalue weighted by atomic mass is 10.2. The van der Waals surface area contributed by atoms with E-state index in [4.69, 9.17) is 18.6 Å². The molecule has 1 amide bonds. The second-order valence-corrected chi connectivity index (χ2v) is 6.22. The summed E-state index contributed by atoms with van der Waals surface area (Å²) in [5.41, 5.74) is 1.08. The largest absolute Gasteiger partial charge is 0.497 e. The highest BCUT2D eigenvalue weighted by molar-refractivity contribution is 5.96. The average molecular weight is 411 g/mol. The van der Waals surface area contributed by atoms with Gasteiger partial charge in [0.25, 0.3) is 11.8 Å². The first-order valence-electron chi connectivity index (χ1n) is 9.09. The molecule has 9 heteroatoms. The Bertz CT molecular complexity index is 1020. The third-order valence-corrected chi connectivity index (χ3v) is 4.16. The molecule has 0 aliphatic rings. The van der Waals surface area contributed by atoms with Gasteiger partial charge >= 0.3 is 5.97 Å². The van der Waals surface area contributed by atoms with Crippen LogP contribution in [0.25, 0.3) is 11.5 Å². The molecule has 30 heavy (non-hydrogen) atoms. The number of aromatic nitrogens is 2. The van der Waals surface area contributed by atoms with Crippen molar-refractivity contribution in [1.29, 1.82) is 0 Å². The fraction of sp³-hybridized carbons (Fsp3) is 0.238. The SMILES string of the molecule is COc1ccc(-c2nnc([C@H](C)OC(=O)CNC(=O)c3cccc(OC)c3)o2)cc1. The summed E-state index contributed by atoms with van der Waals surface area (Å²) >= 11 is 0. The van der Waals surface area contributed by atoms with Gasteiger partial charge in [-0.25, -0.2) is 0 Å². The molecule has 0 radical (unpaired) electrons. The van der Waals surface area contributed by atoms with E-state index in [0.717, 1.165) is 0 Å². The monoisotopic (exact) mass is 411 g/mol. The molecule has 1 heterocycles. The van der Waals surface area contributed by atoms with Crippen molar-refractivity contribution < 1.29 is 28.2 Å². The summed E-state index contributed by atoms with van der Waals surface area (Å²) < 4.78 is 21.0. The van der Waals surface area contributed by atoms with Crippen LogP contribution in [0.3, 0.4) is 0 Å². The van der Waals surface area contributed by atoms with Gasteiger partial charge in [-0.2, -0.15) is 0 Å². The summed E-state index contributed by atoms with van der Waals surface area (Å²) in [6, 6.07) is 13.7. The predicted molar refractivity (Wildman–Crippen MR) is 106 cm³/mol. The molecule has 0 fully saturated rings. The lowest BCUT2D eigenvalue weighted by Crippen LogP contribution is -2.31. The first-order valence-corrected chi connectivity index (χ1v) is 9.09. The van der Waals surface area contributed by atoms with E-state index in [-0.39, 0.29) is 12.4 Å². The molecule has 3 aromatic rings. The maximum absolute atomic E-state index is 12.2. The third kappa shape index (κ3) is 5.13. The summed E-state index contributed by atoms with van der Waals surface area (Å²) in [7, 11) is 3.09. The summed E-state index contributed by atoms with van der Waals surface area (Å²) in [6.07, 6.45) is -0.772. The molecule has 0 saturated heterocycles. The number of amides is 1. The van der Waals surface area contributed by atoms with Crippen LogP contribution in [0.4, 0.5) is 0 Å². The minimum Gasteiger partial charge on any atom is -0.497 e. The van der Waals surface area contributed by atoms with E-state index in [0.29, 0.717) is 28.5 Å². The minimum absolute atomic E-state index is 0.147. The Kier molecular flexibility index (Phi) is 6.63. The number of carbonyl (C=O) groups excluding carboxylic acids is 2. The van der Waals surface area contributed by atoms with Crippen LogP contribution in [0, 0.1) is 0 Å². The molecular formula is C21H21N3O6. The van der Waals surface area contributed by atoms with E-state index in [2.05, 4.69) is 15.5 Å². The van der Waals surface area contributed by atoms with Crippen molar-refractivity contribution in [3.63, 3.8) is 0 Å². The third-order valence-electron chi connectivity index (χ3n) is 4.16. The van der Waals surface area contributed by atoms with E-state index in [9.17, 15) is 9.59 Å². The molecule has 0 spiro atoms. The number of methoxy groups -OCH3 is 2. The number of carbonyl (C=O) groups is 2. The Balaban J connectivity index is 1.54. The molecule has 0 saturated carbocycles. The van der Waals surface area contributed by atoms with Crippen molar-refractivity contribution >= 4 is 11.9 Å². The number of benzene rings is 2. The van der Waals surface area contributed by atoms with E-state index < -0.39 is 18.0 Å². The van der Waals surface area contributed by atoms with Crippen LogP contribution in [-0.4, -0.2) is 42.8 Å². The van der Waals surface area contributed by atoms with Gasteiger partial charge in [0.2, 0.25) is 5.89 Å². The van der Waals surface area contributed by atoms with Crippen LogP contribution in [0.5, 0.6) is 11.5 Å². The lowest BCUT2D eigenvalue weighted by Gasteiger charge is -2.10. The van der Waals surface area contributed by atoms with Crippen molar-refractivity contribution in [3.8, 4) is 23.0 Å². The number of rotatable bonds is 8. The highest BCUT2D eigenvalue weighted by Gasteiger charge is 2.19. The van der Waals surface area contributed by atoms with Crippen LogP contribution in [-0.2, 0) is 9.53 Å². The number of esters is 1. The lowest BCUT2D eigenvalue weighted by molar-refractivity contribution is -0.148. The van der Waals surface area contributed by atoms with Crippen molar-refractivity contribution in [2.75, 3.05) is 20.8 Å². The van der Waals surface area contributed by atoms with Gasteiger partial charge in [0, 0.05) is 11.1 Å². The smallest absolute Gasteiger partial charge is 0.326 e. The minimum atomic E-state index is -0.772. The van der Waals surface area contributed by atoms with Crippen molar-refractivity contribution in [2.24, 2.45) is 0 Å². The first-order chi connectivity index (χ1) is 14.5. The highest BCUT2D eigenvalue weighted by Crippen LogP contribution is 2.24. The molecule has 3 rings (SSSR count). The maximum atomic E-state index is 12.2. The van der Waals surface area contributed by atoms with Crippen molar-refractivity contribution in [2.45, 2.75) is 13.0 Å². The Labute approximate surface area is 173 Å². The quantitative estimate of drug-likeness (QED) is 0.563. The molecule has 156 valence electrons. The molecule has 1 N–H and O–H groups in total. The van der Waals surface area contributed by atoms with Crippen LogP contribution in [0.1, 0.15) is 29.3 Å². The Hall–Kier alpha value is -3.88. The zero-order valence-corrected chi connectivity index (χ0v) is 16.7. The normalized spacial score (nSPS) is 11.4. The second kappa shape index (κ2) is 9.55. The van der Waals surface area contributed by atoms with Gasteiger partial charge in [-0.1, -0.05) is 6.07 Å². The fourth-order valence-corrected chi connectivity index (χ4v) is 2.56. The Morgan fingerprint density at radius 2 is 1.77 bits per heavy atom. The summed E-state index contributed by atoms with van der Waals surface area (Å²) in [4.78, 5) is 24.2. The molecule has 0 bridgehead atoms. The second-order valence-electron chi connectivity index (χ2n) is 6.22. The molecule has 0 aliphatic carbocycles. The molecule has 2 aromatic carbocycles. The van der Waals surface area contributed by atoms with Crippen LogP contribution < -0.4 is 14.8 Å². The van der Waals surface area contributed by atoms with Gasteiger partial charge in [0.15, 0.2) is 6.10 Å². The van der Waals surface area contributed by atoms with Crippen molar-refractivity contribution in [1.82, 2.24) is 15.5 Å². The van der Waals surface area contributed by atoms with E-state index >= 15 is 0 Å². The number of nitrogens with zero attached hydrogens (tertiary/aromatic N) is 2. The van der Waals surface area contributed by atoms with Crippen molar-refractivity contribution in [3.05, 3.63) is 60.0 Å². The van der Waals surface area contributed by atoms with Gasteiger partial charge in [0.1, 0.15) is 18.0 Å². The van der Waals surface area contributed by atoms with Gasteiger partial charge in [-0.3, -0.25) is 9.59 Å². The van der Waals surface area contributed by atoms with Gasteiger partial charge in [0.05, 0.1) is 14.2 Å². The maximum Gasteiger partial charge on any atom is 0.326 e. The summed E-state index contributed by atoms with van der Waals surface area (Å²) in [6.45, 7) is 1.30. The summed E-state index contributed by atoms with van der Waals surface area (Å²) in [5.74, 6) is 0.635. The standard InChI is InChI=1S/C21H21N3O6/c1-13(20-23-24-21(30-20)14-7-9-16(27-2)10-8-14)29-18(25)12-22-19(26)15-5-4-6-17(11-15)28-3/h4-11,13H,12H2,1-3H3,(H,22,26)/t13-/m0/s1. The molecule has 1 aromatic heterocycles. The average Bonchev–Trinajstić information content (AvgIpc) is 3.28. The molecule has 0 aliphatic heterocycles. The Morgan fingerprint density at radius 3 is 2.47 bits per heavy atom.